The predicted molar refractivity (Wildman–Crippen MR) is 133 cm³/mol. The Labute approximate surface area is 203 Å². The van der Waals surface area contributed by atoms with Crippen molar-refractivity contribution in [3.8, 4) is 0 Å². The van der Waals surface area contributed by atoms with E-state index in [4.69, 9.17) is 32.9 Å². The molecule has 1 aliphatic heterocycles. The molecule has 1 saturated heterocycles. The Hall–Kier alpha value is -0.520. The van der Waals surface area contributed by atoms with Crippen molar-refractivity contribution >= 4 is 64.5 Å². The molecule has 1 fully saturated rings. The number of halogens is 3. The van der Waals surface area contributed by atoms with Gasteiger partial charge in [0.05, 0.1) is 30.8 Å². The highest BCUT2D eigenvalue weighted by atomic mass is 127. The minimum Gasteiger partial charge on any atom is -0.379 e. The van der Waals surface area contributed by atoms with Gasteiger partial charge < -0.3 is 19.9 Å². The van der Waals surface area contributed by atoms with E-state index in [1.807, 2.05) is 17.7 Å². The summed E-state index contributed by atoms with van der Waals surface area (Å²) in [7, 11) is 1.89. The molecule has 2 N–H and O–H groups in total. The number of thiophene rings is 1. The van der Waals surface area contributed by atoms with Crippen LogP contribution >= 0.6 is 58.5 Å². The highest BCUT2D eigenvalue weighted by Crippen LogP contribution is 2.26. The topological polar surface area (TPSA) is 53.8 Å². The number of nitrogens with one attached hydrogen (secondary N) is 2. The van der Waals surface area contributed by atoms with Crippen LogP contribution in [0.15, 0.2) is 28.6 Å². The molecule has 0 bridgehead atoms. The third kappa shape index (κ3) is 6.73. The maximum Gasteiger partial charge on any atom is 0.191 e. The van der Waals surface area contributed by atoms with E-state index in [2.05, 4.69) is 40.0 Å². The summed E-state index contributed by atoms with van der Waals surface area (Å²) in [5, 5.41) is 10.0. The number of morpholine rings is 1. The van der Waals surface area contributed by atoms with E-state index in [-0.39, 0.29) is 24.0 Å². The second-order valence-electron chi connectivity index (χ2n) is 6.59. The van der Waals surface area contributed by atoms with Crippen molar-refractivity contribution in [2.24, 2.45) is 12.0 Å². The molecule has 0 saturated carbocycles. The van der Waals surface area contributed by atoms with Gasteiger partial charge in [-0.1, -0.05) is 29.3 Å². The minimum absolute atomic E-state index is 0. The van der Waals surface area contributed by atoms with Gasteiger partial charge in [0.2, 0.25) is 0 Å². The zero-order valence-electron chi connectivity index (χ0n) is 16.7. The van der Waals surface area contributed by atoms with Gasteiger partial charge in [0.25, 0.3) is 0 Å². The summed E-state index contributed by atoms with van der Waals surface area (Å²) < 4.78 is 7.38. The normalized spacial score (nSPS) is 16.3. The first-order valence-electron chi connectivity index (χ1n) is 9.47. The van der Waals surface area contributed by atoms with E-state index in [0.717, 1.165) is 51.0 Å². The molecule has 2 aromatic heterocycles. The standard InChI is InChI=1S/C19H27Cl2N5OS.HI/c1-3-22-19(23-12-14-11-15(20)18(21)25(14)2)24-13-16(17-5-4-10-28-17)26-6-8-27-9-7-26;/h4-5,10-11,16H,3,6-9,12-13H2,1-2H3,(H2,22,23,24);1H. The average Bonchev–Trinajstić information content (AvgIpc) is 3.32. The monoisotopic (exact) mass is 571 g/mol. The lowest BCUT2D eigenvalue weighted by Gasteiger charge is -2.34. The molecule has 0 aliphatic carbocycles. The number of hydrogen-bond acceptors (Lipinski definition) is 4. The van der Waals surface area contributed by atoms with Crippen molar-refractivity contribution in [3.63, 3.8) is 0 Å². The zero-order chi connectivity index (χ0) is 19.9. The van der Waals surface area contributed by atoms with Gasteiger partial charge >= 0.3 is 0 Å². The molecule has 3 heterocycles. The van der Waals surface area contributed by atoms with Gasteiger partial charge in [0, 0.05) is 43.8 Å². The summed E-state index contributed by atoms with van der Waals surface area (Å²) >= 11 is 14.1. The Kier molecular flexibility index (Phi) is 10.5. The Morgan fingerprint density at radius 2 is 2.07 bits per heavy atom. The summed E-state index contributed by atoms with van der Waals surface area (Å²) in [4.78, 5) is 8.54. The molecule has 10 heteroatoms. The lowest BCUT2D eigenvalue weighted by atomic mass is 10.2. The van der Waals surface area contributed by atoms with E-state index < -0.39 is 0 Å². The van der Waals surface area contributed by atoms with Gasteiger partial charge in [0.1, 0.15) is 5.15 Å². The van der Waals surface area contributed by atoms with E-state index in [1.54, 1.807) is 11.3 Å². The Bertz CT molecular complexity index is 778. The van der Waals surface area contributed by atoms with E-state index in [1.165, 1.54) is 4.88 Å². The second-order valence-corrected chi connectivity index (χ2v) is 8.33. The van der Waals surface area contributed by atoms with Gasteiger partial charge in [-0.05, 0) is 24.4 Å². The number of guanidine groups is 1. The first-order valence-corrected chi connectivity index (χ1v) is 11.1. The smallest absolute Gasteiger partial charge is 0.191 e. The molecule has 0 aromatic carbocycles. The average molecular weight is 572 g/mol. The Balaban J connectivity index is 0.00000300. The molecule has 1 aliphatic rings. The van der Waals surface area contributed by atoms with Crippen LogP contribution in [0.4, 0.5) is 0 Å². The van der Waals surface area contributed by atoms with Crippen LogP contribution in [0.3, 0.4) is 0 Å². The third-order valence-corrected chi connectivity index (χ3v) is 6.60. The van der Waals surface area contributed by atoms with Gasteiger partial charge in [-0.3, -0.25) is 4.90 Å². The largest absolute Gasteiger partial charge is 0.379 e. The van der Waals surface area contributed by atoms with Crippen LogP contribution in [0.5, 0.6) is 0 Å². The van der Waals surface area contributed by atoms with Gasteiger partial charge in [0.15, 0.2) is 5.96 Å². The number of ether oxygens (including phenoxy) is 1. The van der Waals surface area contributed by atoms with Crippen molar-refractivity contribution in [1.82, 2.24) is 20.1 Å². The van der Waals surface area contributed by atoms with Gasteiger partial charge in [-0.2, -0.15) is 0 Å². The van der Waals surface area contributed by atoms with E-state index >= 15 is 0 Å². The van der Waals surface area contributed by atoms with E-state index in [0.29, 0.717) is 22.8 Å². The zero-order valence-corrected chi connectivity index (χ0v) is 21.3. The highest BCUT2D eigenvalue weighted by molar-refractivity contribution is 14.0. The number of nitrogens with zero attached hydrogens (tertiary/aromatic N) is 3. The van der Waals surface area contributed by atoms with Crippen LogP contribution in [0.1, 0.15) is 23.5 Å². The maximum absolute atomic E-state index is 6.16. The fourth-order valence-corrected chi connectivity index (χ4v) is 4.49. The van der Waals surface area contributed by atoms with Crippen molar-refractivity contribution in [3.05, 3.63) is 44.3 Å². The van der Waals surface area contributed by atoms with Crippen LogP contribution < -0.4 is 10.6 Å². The molecule has 1 atom stereocenters. The molecular weight excluding hydrogens is 544 g/mol. The van der Waals surface area contributed by atoms with Gasteiger partial charge in [-0.15, -0.1) is 35.3 Å². The summed E-state index contributed by atoms with van der Waals surface area (Å²) in [5.74, 6) is 0.783. The summed E-state index contributed by atoms with van der Waals surface area (Å²) in [6, 6.07) is 6.46. The van der Waals surface area contributed by atoms with Crippen LogP contribution in [0.2, 0.25) is 10.2 Å². The Morgan fingerprint density at radius 3 is 2.66 bits per heavy atom. The SMILES string of the molecule is CCNC(=NCc1cc(Cl)c(Cl)n1C)NCC(c1cccs1)N1CCOCC1.I. The van der Waals surface area contributed by atoms with Crippen LogP contribution in [0, 0.1) is 0 Å². The fourth-order valence-electron chi connectivity index (χ4n) is 3.22. The number of aromatic nitrogens is 1. The number of rotatable bonds is 7. The highest BCUT2D eigenvalue weighted by Gasteiger charge is 2.23. The molecule has 0 spiro atoms. The first kappa shape index (κ1) is 24.7. The summed E-state index contributed by atoms with van der Waals surface area (Å²) in [6.45, 7) is 7.58. The first-order chi connectivity index (χ1) is 13.6. The number of aliphatic imine (C=N–C) groups is 1. The molecule has 29 heavy (non-hydrogen) atoms. The molecule has 1 unspecified atom stereocenters. The van der Waals surface area contributed by atoms with E-state index in [9.17, 15) is 0 Å². The van der Waals surface area contributed by atoms with Crippen molar-refractivity contribution in [2.45, 2.75) is 19.5 Å². The Morgan fingerprint density at radius 1 is 1.31 bits per heavy atom. The van der Waals surface area contributed by atoms with Crippen LogP contribution in [-0.2, 0) is 18.3 Å². The van der Waals surface area contributed by atoms with Crippen molar-refractivity contribution in [1.29, 1.82) is 0 Å². The molecule has 6 nitrogen and oxygen atoms in total. The predicted octanol–water partition coefficient (Wildman–Crippen LogP) is 4.14. The second kappa shape index (κ2) is 12.4. The lowest BCUT2D eigenvalue weighted by molar-refractivity contribution is 0.0177. The number of hydrogen-bond donors (Lipinski definition) is 2. The quantitative estimate of drug-likeness (QED) is 0.298. The fraction of sp³-hybridized carbons (Fsp3) is 0.526. The summed E-state index contributed by atoms with van der Waals surface area (Å²) in [5.41, 5.74) is 0.968. The molecule has 2 aromatic rings. The summed E-state index contributed by atoms with van der Waals surface area (Å²) in [6.07, 6.45) is 0. The molecule has 162 valence electrons. The van der Waals surface area contributed by atoms with Crippen molar-refractivity contribution < 1.29 is 4.74 Å². The maximum atomic E-state index is 6.16. The molecular formula is C19H28Cl2IN5OS. The van der Waals surface area contributed by atoms with Gasteiger partial charge in [-0.25, -0.2) is 4.99 Å². The van der Waals surface area contributed by atoms with Crippen molar-refractivity contribution in [2.75, 3.05) is 39.4 Å². The molecule has 3 rings (SSSR count). The van der Waals surface area contributed by atoms with Crippen LogP contribution in [0.25, 0.3) is 0 Å². The molecule has 0 radical (unpaired) electrons. The molecule has 0 amide bonds. The minimum atomic E-state index is 0. The van der Waals surface area contributed by atoms with Crippen LogP contribution in [-0.4, -0.2) is 54.8 Å². The lowest BCUT2D eigenvalue weighted by Crippen LogP contribution is -2.46. The third-order valence-electron chi connectivity index (χ3n) is 4.78.